The Labute approximate surface area is 137 Å². The van der Waals surface area contributed by atoms with Gasteiger partial charge in [-0.2, -0.15) is 13.2 Å². The molecule has 2 aliphatic rings. The van der Waals surface area contributed by atoms with Gasteiger partial charge in [0.1, 0.15) is 0 Å². The summed E-state index contributed by atoms with van der Waals surface area (Å²) in [5.41, 5.74) is -0.455. The summed E-state index contributed by atoms with van der Waals surface area (Å²) in [7, 11) is 0. The summed E-state index contributed by atoms with van der Waals surface area (Å²) in [6.45, 7) is -0.192. The standard InChI is InChI=1S/C16H18F3N3O2/c17-16(18,19)12-4-2-1-3-10(12)11-7-13(11)22-14(23)8-20-15(24)21-9-5-6-9/h1-4,9,11,13H,5-8H2,(H,22,23)(H2,20,21,24). The van der Waals surface area contributed by atoms with Crippen molar-refractivity contribution in [3.63, 3.8) is 0 Å². The third kappa shape index (κ3) is 4.18. The van der Waals surface area contributed by atoms with Crippen LogP contribution >= 0.6 is 0 Å². The lowest BCUT2D eigenvalue weighted by molar-refractivity contribution is -0.138. The minimum absolute atomic E-state index is 0.192. The van der Waals surface area contributed by atoms with Crippen LogP contribution in [0.5, 0.6) is 0 Å². The molecule has 1 aromatic rings. The van der Waals surface area contributed by atoms with E-state index in [0.29, 0.717) is 6.42 Å². The molecule has 2 aliphatic carbocycles. The second-order valence-electron chi connectivity index (χ2n) is 6.20. The van der Waals surface area contributed by atoms with Gasteiger partial charge in [-0.15, -0.1) is 0 Å². The first-order valence-electron chi connectivity index (χ1n) is 7.84. The summed E-state index contributed by atoms with van der Waals surface area (Å²) >= 11 is 0. The van der Waals surface area contributed by atoms with Gasteiger partial charge in [-0.25, -0.2) is 4.79 Å². The third-order valence-electron chi connectivity index (χ3n) is 4.12. The lowest BCUT2D eigenvalue weighted by Gasteiger charge is -2.13. The van der Waals surface area contributed by atoms with Crippen LogP contribution in [0.3, 0.4) is 0 Å². The first-order chi connectivity index (χ1) is 11.3. The number of halogens is 3. The van der Waals surface area contributed by atoms with E-state index >= 15 is 0 Å². The number of benzene rings is 1. The summed E-state index contributed by atoms with van der Waals surface area (Å²) in [5.74, 6) is -0.745. The Bertz CT molecular complexity index is 644. The molecule has 0 spiro atoms. The minimum atomic E-state index is -4.41. The van der Waals surface area contributed by atoms with Crippen LogP contribution in [-0.2, 0) is 11.0 Å². The van der Waals surface area contributed by atoms with Crippen LogP contribution in [-0.4, -0.2) is 30.6 Å². The lowest BCUT2D eigenvalue weighted by Crippen LogP contribution is -2.43. The minimum Gasteiger partial charge on any atom is -0.351 e. The lowest BCUT2D eigenvalue weighted by atomic mass is 10.0. The SMILES string of the molecule is O=C(CNC(=O)NC1CC1)NC1CC1c1ccccc1C(F)(F)F. The van der Waals surface area contributed by atoms with Gasteiger partial charge in [0.05, 0.1) is 12.1 Å². The van der Waals surface area contributed by atoms with Crippen LogP contribution in [0.2, 0.25) is 0 Å². The molecule has 0 bridgehead atoms. The van der Waals surface area contributed by atoms with E-state index in [-0.39, 0.29) is 30.1 Å². The van der Waals surface area contributed by atoms with Gasteiger partial charge in [0.25, 0.3) is 0 Å². The zero-order valence-corrected chi connectivity index (χ0v) is 12.8. The first-order valence-corrected chi connectivity index (χ1v) is 7.84. The summed E-state index contributed by atoms with van der Waals surface area (Å²) < 4.78 is 39.0. The number of alkyl halides is 3. The van der Waals surface area contributed by atoms with E-state index in [9.17, 15) is 22.8 Å². The molecule has 0 heterocycles. The Morgan fingerprint density at radius 2 is 1.83 bits per heavy atom. The van der Waals surface area contributed by atoms with Crippen molar-refractivity contribution in [3.05, 3.63) is 35.4 Å². The number of carbonyl (C=O) groups is 2. The molecule has 3 rings (SSSR count). The van der Waals surface area contributed by atoms with Crippen molar-refractivity contribution in [2.45, 2.75) is 43.4 Å². The normalized spacial score (nSPS) is 22.6. The third-order valence-corrected chi connectivity index (χ3v) is 4.12. The zero-order valence-electron chi connectivity index (χ0n) is 12.8. The fourth-order valence-electron chi connectivity index (χ4n) is 2.66. The maximum absolute atomic E-state index is 13.0. The monoisotopic (exact) mass is 341 g/mol. The quantitative estimate of drug-likeness (QED) is 0.768. The second-order valence-corrected chi connectivity index (χ2v) is 6.20. The molecule has 5 nitrogen and oxygen atoms in total. The Kier molecular flexibility index (Phi) is 4.38. The van der Waals surface area contributed by atoms with E-state index in [0.717, 1.165) is 18.9 Å². The predicted molar refractivity (Wildman–Crippen MR) is 80.3 cm³/mol. The van der Waals surface area contributed by atoms with Crippen molar-refractivity contribution in [2.75, 3.05) is 6.54 Å². The highest BCUT2D eigenvalue weighted by Gasteiger charge is 2.44. The first kappa shape index (κ1) is 16.6. The summed E-state index contributed by atoms with van der Waals surface area (Å²) in [6, 6.07) is 4.88. The van der Waals surface area contributed by atoms with E-state index in [1.165, 1.54) is 12.1 Å². The molecule has 3 N–H and O–H groups in total. The Morgan fingerprint density at radius 3 is 2.50 bits per heavy atom. The van der Waals surface area contributed by atoms with E-state index in [1.807, 2.05) is 0 Å². The molecule has 0 aliphatic heterocycles. The van der Waals surface area contributed by atoms with Crippen molar-refractivity contribution >= 4 is 11.9 Å². The van der Waals surface area contributed by atoms with Crippen LogP contribution in [0.4, 0.5) is 18.0 Å². The largest absolute Gasteiger partial charge is 0.416 e. The van der Waals surface area contributed by atoms with Crippen LogP contribution in [0.1, 0.15) is 36.3 Å². The summed E-state index contributed by atoms with van der Waals surface area (Å²) in [5, 5.41) is 7.77. The highest BCUT2D eigenvalue weighted by molar-refractivity contribution is 5.84. The predicted octanol–water partition coefficient (Wildman–Crippen LogP) is 2.14. The summed E-state index contributed by atoms with van der Waals surface area (Å²) in [6.07, 6.45) is -2.05. The van der Waals surface area contributed by atoms with E-state index in [1.54, 1.807) is 6.07 Å². The average Bonchev–Trinajstić information content (AvgIpc) is 3.41. The Balaban J connectivity index is 1.49. The Morgan fingerprint density at radius 1 is 1.12 bits per heavy atom. The van der Waals surface area contributed by atoms with Gasteiger partial charge in [0, 0.05) is 18.0 Å². The molecule has 1 aromatic carbocycles. The fraction of sp³-hybridized carbons (Fsp3) is 0.500. The molecule has 2 atom stereocenters. The topological polar surface area (TPSA) is 70.2 Å². The molecule has 24 heavy (non-hydrogen) atoms. The molecule has 2 saturated carbocycles. The van der Waals surface area contributed by atoms with Crippen molar-refractivity contribution in [1.29, 1.82) is 0 Å². The van der Waals surface area contributed by atoms with Crippen LogP contribution in [0, 0.1) is 0 Å². The van der Waals surface area contributed by atoms with Crippen molar-refractivity contribution in [3.8, 4) is 0 Å². The molecule has 3 amide bonds. The second kappa shape index (κ2) is 6.33. The number of carbonyl (C=O) groups excluding carboxylic acids is 2. The fourth-order valence-corrected chi connectivity index (χ4v) is 2.66. The van der Waals surface area contributed by atoms with Gasteiger partial charge < -0.3 is 16.0 Å². The molecule has 130 valence electrons. The van der Waals surface area contributed by atoms with Crippen molar-refractivity contribution < 1.29 is 22.8 Å². The Hall–Kier alpha value is -2.25. The maximum atomic E-state index is 13.0. The molecule has 2 fully saturated rings. The highest BCUT2D eigenvalue weighted by atomic mass is 19.4. The molecule has 8 heteroatoms. The van der Waals surface area contributed by atoms with Crippen LogP contribution < -0.4 is 16.0 Å². The van der Waals surface area contributed by atoms with Gasteiger partial charge in [0.15, 0.2) is 0 Å². The van der Waals surface area contributed by atoms with E-state index in [4.69, 9.17) is 0 Å². The smallest absolute Gasteiger partial charge is 0.351 e. The van der Waals surface area contributed by atoms with Gasteiger partial charge in [0.2, 0.25) is 5.91 Å². The zero-order chi connectivity index (χ0) is 17.3. The molecule has 0 saturated heterocycles. The van der Waals surface area contributed by atoms with Crippen LogP contribution in [0.15, 0.2) is 24.3 Å². The summed E-state index contributed by atoms with van der Waals surface area (Å²) in [4.78, 5) is 23.2. The van der Waals surface area contributed by atoms with Crippen molar-refractivity contribution in [2.24, 2.45) is 0 Å². The highest BCUT2D eigenvalue weighted by Crippen LogP contribution is 2.46. The number of nitrogens with one attached hydrogen (secondary N) is 3. The molecule has 0 radical (unpaired) electrons. The average molecular weight is 341 g/mol. The molecular weight excluding hydrogens is 323 g/mol. The van der Waals surface area contributed by atoms with Gasteiger partial charge in [-0.1, -0.05) is 18.2 Å². The van der Waals surface area contributed by atoms with Gasteiger partial charge >= 0.3 is 12.2 Å². The number of amides is 3. The van der Waals surface area contributed by atoms with E-state index < -0.39 is 23.7 Å². The van der Waals surface area contributed by atoms with E-state index in [2.05, 4.69) is 16.0 Å². The maximum Gasteiger partial charge on any atom is 0.416 e. The van der Waals surface area contributed by atoms with Gasteiger partial charge in [-0.3, -0.25) is 4.79 Å². The molecule has 2 unspecified atom stereocenters. The van der Waals surface area contributed by atoms with Gasteiger partial charge in [-0.05, 0) is 30.9 Å². The number of rotatable bonds is 5. The number of hydrogen-bond donors (Lipinski definition) is 3. The van der Waals surface area contributed by atoms with Crippen LogP contribution in [0.25, 0.3) is 0 Å². The van der Waals surface area contributed by atoms with Crippen molar-refractivity contribution in [1.82, 2.24) is 16.0 Å². The number of hydrogen-bond acceptors (Lipinski definition) is 2. The number of urea groups is 1. The molecular formula is C16H18F3N3O2. The molecule has 0 aromatic heterocycles.